The minimum atomic E-state index is 0.176. The molecule has 26 heavy (non-hydrogen) atoms. The molecule has 0 aliphatic carbocycles. The fourth-order valence-corrected chi connectivity index (χ4v) is 3.78. The minimum absolute atomic E-state index is 0.176. The third-order valence-corrected chi connectivity index (χ3v) is 4.94. The van der Waals surface area contributed by atoms with Crippen LogP contribution < -0.4 is 4.74 Å². The van der Waals surface area contributed by atoms with E-state index < -0.39 is 0 Å². The summed E-state index contributed by atoms with van der Waals surface area (Å²) in [5.41, 5.74) is 3.58. The molecule has 138 valence electrons. The maximum Gasteiger partial charge on any atom is 0.258 e. The van der Waals surface area contributed by atoms with E-state index in [9.17, 15) is 0 Å². The average Bonchev–Trinajstić information content (AvgIpc) is 3.08. The quantitative estimate of drug-likeness (QED) is 0.609. The van der Waals surface area contributed by atoms with Gasteiger partial charge in [0.05, 0.1) is 25.0 Å². The predicted molar refractivity (Wildman–Crippen MR) is 106 cm³/mol. The van der Waals surface area contributed by atoms with Gasteiger partial charge in [0.1, 0.15) is 0 Å². The molecule has 3 aromatic heterocycles. The zero-order valence-corrected chi connectivity index (χ0v) is 16.7. The van der Waals surface area contributed by atoms with E-state index in [2.05, 4.69) is 53.0 Å². The highest BCUT2D eigenvalue weighted by Gasteiger charge is 2.17. The summed E-state index contributed by atoms with van der Waals surface area (Å²) < 4.78 is 9.83. The molecule has 0 bridgehead atoms. The second kappa shape index (κ2) is 7.63. The number of imidazole rings is 1. The smallest absolute Gasteiger partial charge is 0.258 e. The maximum atomic E-state index is 5.39. The number of fused-ring (bicyclic) bond motifs is 1. The van der Waals surface area contributed by atoms with Crippen LogP contribution in [-0.2, 0) is 6.54 Å². The Morgan fingerprint density at radius 2 is 2.04 bits per heavy atom. The lowest BCUT2D eigenvalue weighted by atomic mass is 10.1. The third-order valence-electron chi connectivity index (χ3n) is 3.74. The van der Waals surface area contributed by atoms with Crippen molar-refractivity contribution in [3.8, 4) is 17.1 Å². The second-order valence-corrected chi connectivity index (χ2v) is 8.91. The normalized spacial score (nSPS) is 12.1. The number of rotatable bonds is 6. The van der Waals surface area contributed by atoms with E-state index >= 15 is 0 Å². The molecule has 3 heterocycles. The molecule has 0 aliphatic rings. The molecule has 7 heteroatoms. The van der Waals surface area contributed by atoms with Crippen molar-refractivity contribution < 1.29 is 4.74 Å². The molecule has 3 rings (SSSR count). The summed E-state index contributed by atoms with van der Waals surface area (Å²) in [4.78, 5) is 13.4. The van der Waals surface area contributed by atoms with E-state index in [1.807, 2.05) is 41.0 Å². The van der Waals surface area contributed by atoms with Gasteiger partial charge in [-0.1, -0.05) is 18.9 Å². The number of methoxy groups -OCH3 is 1. The van der Waals surface area contributed by atoms with Crippen molar-refractivity contribution in [3.63, 3.8) is 0 Å². The molecule has 0 fully saturated rings. The van der Waals surface area contributed by atoms with Crippen molar-refractivity contribution in [1.29, 1.82) is 0 Å². The molecule has 0 aromatic carbocycles. The van der Waals surface area contributed by atoms with Crippen molar-refractivity contribution in [1.82, 2.24) is 23.7 Å². The van der Waals surface area contributed by atoms with Gasteiger partial charge in [0.15, 0.2) is 5.65 Å². The zero-order chi connectivity index (χ0) is 18.7. The highest BCUT2D eigenvalue weighted by atomic mass is 32.2. The van der Waals surface area contributed by atoms with E-state index in [0.29, 0.717) is 11.5 Å². The molecule has 0 spiro atoms. The van der Waals surface area contributed by atoms with Gasteiger partial charge in [-0.25, -0.2) is 14.3 Å². The van der Waals surface area contributed by atoms with Crippen LogP contribution in [0.15, 0.2) is 36.9 Å². The van der Waals surface area contributed by atoms with E-state index in [1.54, 1.807) is 13.3 Å². The number of aromatic nitrogens is 4. The van der Waals surface area contributed by atoms with Crippen LogP contribution >= 0.6 is 11.9 Å². The summed E-state index contributed by atoms with van der Waals surface area (Å²) in [7, 11) is 1.61. The molecule has 0 radical (unpaired) electrons. The standard InChI is InChI=1S/C19H25N5OS/c1-6-24(26-19(2,3)4)12-15-11-14(7-8-20-15)16-13-23-10-9-21-17(23)18(22-16)25-5/h7-11,13H,6,12H2,1-5H3. The first kappa shape index (κ1) is 18.7. The Morgan fingerprint density at radius 1 is 1.23 bits per heavy atom. The zero-order valence-electron chi connectivity index (χ0n) is 15.9. The van der Waals surface area contributed by atoms with Crippen LogP contribution in [0.25, 0.3) is 16.9 Å². The largest absolute Gasteiger partial charge is 0.478 e. The minimum Gasteiger partial charge on any atom is -0.478 e. The molecule has 3 aromatic rings. The second-order valence-electron chi connectivity index (χ2n) is 6.99. The Balaban J connectivity index is 1.89. The van der Waals surface area contributed by atoms with Gasteiger partial charge in [0, 0.05) is 41.6 Å². The molecular weight excluding hydrogens is 346 g/mol. The maximum absolute atomic E-state index is 5.39. The first-order chi connectivity index (χ1) is 12.4. The Labute approximate surface area is 158 Å². The van der Waals surface area contributed by atoms with Crippen molar-refractivity contribution >= 4 is 17.6 Å². The average molecular weight is 372 g/mol. The topological polar surface area (TPSA) is 55.5 Å². The third kappa shape index (κ3) is 4.34. The van der Waals surface area contributed by atoms with Gasteiger partial charge in [-0.15, -0.1) is 0 Å². The van der Waals surface area contributed by atoms with Crippen molar-refractivity contribution in [2.45, 2.75) is 39.0 Å². The lowest BCUT2D eigenvalue weighted by Gasteiger charge is -2.27. The van der Waals surface area contributed by atoms with E-state index in [0.717, 1.165) is 30.0 Å². The SMILES string of the molecule is CCN(Cc1cc(-c2cn3ccnc3c(OC)n2)ccn1)SC(C)(C)C. The van der Waals surface area contributed by atoms with Gasteiger partial charge in [-0.3, -0.25) is 4.98 Å². The monoisotopic (exact) mass is 371 g/mol. The molecule has 0 amide bonds. The van der Waals surface area contributed by atoms with Crippen molar-refractivity contribution in [2.75, 3.05) is 13.7 Å². The van der Waals surface area contributed by atoms with Crippen LogP contribution in [0.3, 0.4) is 0 Å². The number of hydrogen-bond donors (Lipinski definition) is 0. The van der Waals surface area contributed by atoms with Crippen molar-refractivity contribution in [2.24, 2.45) is 0 Å². The van der Waals surface area contributed by atoms with Gasteiger partial charge in [0.25, 0.3) is 5.88 Å². The van der Waals surface area contributed by atoms with Gasteiger partial charge in [-0.2, -0.15) is 0 Å². The molecule has 6 nitrogen and oxygen atoms in total. The summed E-state index contributed by atoms with van der Waals surface area (Å²) in [5.74, 6) is 0.518. The molecule has 0 N–H and O–H groups in total. The summed E-state index contributed by atoms with van der Waals surface area (Å²) in [6, 6.07) is 4.07. The van der Waals surface area contributed by atoms with Crippen molar-refractivity contribution in [3.05, 3.63) is 42.6 Å². The molecule has 0 atom stereocenters. The van der Waals surface area contributed by atoms with Gasteiger partial charge < -0.3 is 9.14 Å². The lowest BCUT2D eigenvalue weighted by molar-refractivity contribution is 0.400. The van der Waals surface area contributed by atoms with Crippen LogP contribution in [0.2, 0.25) is 0 Å². The fourth-order valence-electron chi connectivity index (χ4n) is 2.68. The first-order valence-electron chi connectivity index (χ1n) is 8.66. The number of hydrogen-bond acceptors (Lipinski definition) is 6. The lowest BCUT2D eigenvalue weighted by Crippen LogP contribution is -2.23. The van der Waals surface area contributed by atoms with Crippen LogP contribution in [0.1, 0.15) is 33.4 Å². The molecule has 0 saturated carbocycles. The molecule has 0 saturated heterocycles. The van der Waals surface area contributed by atoms with Crippen LogP contribution in [0.5, 0.6) is 5.88 Å². The van der Waals surface area contributed by atoms with Crippen LogP contribution in [-0.4, -0.2) is 42.1 Å². The number of nitrogens with zero attached hydrogens (tertiary/aromatic N) is 5. The fraction of sp³-hybridized carbons (Fsp3) is 0.421. The molecule has 0 unspecified atom stereocenters. The Kier molecular flexibility index (Phi) is 5.48. The Bertz CT molecular complexity index is 887. The summed E-state index contributed by atoms with van der Waals surface area (Å²) in [6.45, 7) is 10.6. The highest BCUT2D eigenvalue weighted by Crippen LogP contribution is 2.29. The summed E-state index contributed by atoms with van der Waals surface area (Å²) >= 11 is 1.85. The Hall–Kier alpha value is -2.12. The first-order valence-corrected chi connectivity index (χ1v) is 9.44. The van der Waals surface area contributed by atoms with Crippen LogP contribution in [0, 0.1) is 0 Å². The molecule has 0 aliphatic heterocycles. The number of pyridine rings is 1. The van der Waals surface area contributed by atoms with Gasteiger partial charge in [0.2, 0.25) is 0 Å². The van der Waals surface area contributed by atoms with E-state index in [-0.39, 0.29) is 4.75 Å². The van der Waals surface area contributed by atoms with Gasteiger partial charge in [-0.05, 0) is 32.9 Å². The van der Waals surface area contributed by atoms with Gasteiger partial charge >= 0.3 is 0 Å². The molecular formula is C19H25N5OS. The van der Waals surface area contributed by atoms with Crippen LogP contribution in [0.4, 0.5) is 0 Å². The predicted octanol–water partition coefficient (Wildman–Crippen LogP) is 4.07. The summed E-state index contributed by atoms with van der Waals surface area (Å²) in [6.07, 6.45) is 7.44. The van der Waals surface area contributed by atoms with E-state index in [1.165, 1.54) is 0 Å². The Morgan fingerprint density at radius 3 is 2.73 bits per heavy atom. The summed E-state index contributed by atoms with van der Waals surface area (Å²) in [5, 5.41) is 0. The highest BCUT2D eigenvalue weighted by molar-refractivity contribution is 7.98. The van der Waals surface area contributed by atoms with E-state index in [4.69, 9.17) is 4.74 Å². The number of ether oxygens (including phenoxy) is 1.